The maximum absolute atomic E-state index is 11.7. The third-order valence-corrected chi connectivity index (χ3v) is 3.05. The van der Waals surface area contributed by atoms with Crippen LogP contribution in [-0.2, 0) is 47.7 Å². The van der Waals surface area contributed by atoms with Crippen LogP contribution in [0.2, 0.25) is 0 Å². The second-order valence-electron chi connectivity index (χ2n) is 5.47. The number of carbonyl (C=O) groups is 6. The number of hydrogen-bond donors (Lipinski definition) is 2. The Kier molecular flexibility index (Phi) is 37.4. The minimum atomic E-state index is -1.23. The minimum Gasteiger partial charge on any atom is -0.452 e. The van der Waals surface area contributed by atoms with E-state index in [0.717, 1.165) is 0 Å². The largest absolute Gasteiger partial charge is 0.452 e. The molecule has 2 atom stereocenters. The van der Waals surface area contributed by atoms with Crippen molar-refractivity contribution in [3.05, 3.63) is 0 Å². The van der Waals surface area contributed by atoms with Gasteiger partial charge in [0.25, 0.3) is 5.91 Å². The molecule has 2 N–H and O–H groups in total. The van der Waals surface area contributed by atoms with Crippen molar-refractivity contribution in [2.24, 2.45) is 0 Å². The van der Waals surface area contributed by atoms with E-state index in [-0.39, 0.29) is 51.2 Å². The van der Waals surface area contributed by atoms with Gasteiger partial charge in [0.05, 0.1) is 6.67 Å². The van der Waals surface area contributed by atoms with E-state index in [9.17, 15) is 28.8 Å². The number of hydrogen-bond acceptors (Lipinski definition) is 10. The summed E-state index contributed by atoms with van der Waals surface area (Å²) >= 11 is 0. The number of esters is 3. The van der Waals surface area contributed by atoms with Gasteiger partial charge < -0.3 is 29.6 Å². The first-order valence-electron chi connectivity index (χ1n) is 8.15. The Morgan fingerprint density at radius 1 is 0.676 bits per heavy atom. The summed E-state index contributed by atoms with van der Waals surface area (Å²) in [6.45, 7) is 3.01. The summed E-state index contributed by atoms with van der Waals surface area (Å²) in [5, 5.41) is 4.68. The number of amides is 2. The molecule has 2 unspecified atom stereocenters. The lowest BCUT2D eigenvalue weighted by atomic mass is 10.3. The molecule has 0 heterocycles. The fourth-order valence-corrected chi connectivity index (χ4v) is 1.49. The molecule has 0 aliphatic carbocycles. The van der Waals surface area contributed by atoms with Gasteiger partial charge in [0, 0.05) is 7.11 Å². The highest BCUT2D eigenvalue weighted by Gasteiger charge is 2.21. The molecule has 0 spiro atoms. The molecule has 0 saturated heterocycles. The smallest absolute Gasteiger partial charge is 0.320 e. The molecule has 0 bridgehead atoms. The van der Waals surface area contributed by atoms with Gasteiger partial charge in [-0.1, -0.05) is 44.6 Å². The number of Topliss-reactive ketones (excluding diaryl/α,β-unsaturated/α-hetero) is 1. The Morgan fingerprint density at radius 3 is 1.50 bits per heavy atom. The minimum absolute atomic E-state index is 0. The number of nitrogens with one attached hydrogen (secondary N) is 2. The molecule has 2 amide bonds. The zero-order valence-electron chi connectivity index (χ0n) is 16.1. The first-order chi connectivity index (χ1) is 13.1. The van der Waals surface area contributed by atoms with Crippen molar-refractivity contribution in [2.45, 2.75) is 90.4 Å². The number of rotatable bonds is 12. The average molecular weight is 501 g/mol. The fourth-order valence-electron chi connectivity index (χ4n) is 1.49. The van der Waals surface area contributed by atoms with Crippen LogP contribution in [0.3, 0.4) is 0 Å². The molecule has 34 heavy (non-hydrogen) atoms. The summed E-state index contributed by atoms with van der Waals surface area (Å²) < 4.78 is 18.5. The van der Waals surface area contributed by atoms with Crippen LogP contribution in [0.4, 0.5) is 0 Å². The lowest BCUT2D eigenvalue weighted by Gasteiger charge is -2.15. The van der Waals surface area contributed by atoms with Crippen LogP contribution in [0.25, 0.3) is 0 Å². The van der Waals surface area contributed by atoms with Gasteiger partial charge in [0.1, 0.15) is 24.7 Å². The van der Waals surface area contributed by atoms with E-state index in [1.54, 1.807) is 0 Å². The average Bonchev–Trinajstić information content (AvgIpc) is 2.59. The summed E-state index contributed by atoms with van der Waals surface area (Å²) in [6, 6.07) is 0. The van der Waals surface area contributed by atoms with E-state index >= 15 is 0 Å². The molecule has 12 nitrogen and oxygen atoms in total. The van der Waals surface area contributed by atoms with Crippen LogP contribution < -0.4 is 10.6 Å². The van der Waals surface area contributed by atoms with E-state index in [1.807, 2.05) is 0 Å². The van der Waals surface area contributed by atoms with E-state index in [4.69, 9.17) is 9.47 Å². The van der Waals surface area contributed by atoms with Crippen LogP contribution in [-0.4, -0.2) is 68.3 Å². The van der Waals surface area contributed by atoms with Crippen molar-refractivity contribution in [1.82, 2.24) is 10.6 Å². The molecular weight excluding hydrogens is 452 g/mol. The summed E-state index contributed by atoms with van der Waals surface area (Å²) in [5.41, 5.74) is 0. The molecule has 0 saturated carbocycles. The third kappa shape index (κ3) is 23.6. The Hall–Kier alpha value is -3.02. The normalized spacial score (nSPS) is 10.0. The maximum Gasteiger partial charge on any atom is 0.320 e. The van der Waals surface area contributed by atoms with Crippen LogP contribution >= 0.6 is 0 Å². The predicted molar refractivity (Wildman–Crippen MR) is 131 cm³/mol. The topological polar surface area (TPSA) is 163 Å². The highest BCUT2D eigenvalue weighted by molar-refractivity contribution is 5.94. The highest BCUT2D eigenvalue weighted by atomic mass is 16.7. The summed E-state index contributed by atoms with van der Waals surface area (Å²) in [7, 11) is 1.35. The fraction of sp³-hybridized carbons (Fsp3) is 0.727. The van der Waals surface area contributed by atoms with Crippen molar-refractivity contribution in [1.29, 1.82) is 0 Å². The van der Waals surface area contributed by atoms with Gasteiger partial charge in [-0.2, -0.15) is 0 Å². The first-order valence-corrected chi connectivity index (χ1v) is 8.15. The Bertz CT molecular complexity index is 608. The molecule has 0 rings (SSSR count). The van der Waals surface area contributed by atoms with Gasteiger partial charge in [-0.3, -0.25) is 28.8 Å². The van der Waals surface area contributed by atoms with Gasteiger partial charge >= 0.3 is 17.9 Å². The first kappa shape index (κ1) is 48.4. The molecule has 0 aliphatic heterocycles. The van der Waals surface area contributed by atoms with E-state index in [1.165, 1.54) is 27.9 Å². The van der Waals surface area contributed by atoms with Gasteiger partial charge in [0.2, 0.25) is 12.7 Å². The van der Waals surface area contributed by atoms with Crippen molar-refractivity contribution in [3.63, 3.8) is 0 Å². The Morgan fingerprint density at radius 2 is 1.09 bits per heavy atom. The van der Waals surface area contributed by atoms with Crippen LogP contribution in [0.1, 0.15) is 78.2 Å². The zero-order chi connectivity index (χ0) is 21.7. The molecule has 0 radical (unpaired) electrons. The summed E-state index contributed by atoms with van der Waals surface area (Å²) in [6.07, 6.45) is -3.20. The molecule has 0 aromatic rings. The van der Waals surface area contributed by atoms with E-state index in [2.05, 4.69) is 20.1 Å². The number of methoxy groups -OCH3 is 1. The van der Waals surface area contributed by atoms with Gasteiger partial charge in [-0.15, -0.1) is 0 Å². The number of carbonyl (C=O) groups excluding carboxylic acids is 6. The van der Waals surface area contributed by atoms with Crippen LogP contribution in [0.5, 0.6) is 0 Å². The van der Waals surface area contributed by atoms with Crippen molar-refractivity contribution in [3.8, 4) is 0 Å². The zero-order valence-corrected chi connectivity index (χ0v) is 16.1. The molecule has 206 valence electrons. The Balaban J connectivity index is -0.000000243. The SMILES string of the molecule is C.C.C.C.C.C.COC(C)C(=O)NCNC(=O)C(C)OC(=O)CC(=O)OCOC(=O)CC(C)=O. The van der Waals surface area contributed by atoms with Crippen LogP contribution in [0, 0.1) is 0 Å². The number of ketones is 1. The highest BCUT2D eigenvalue weighted by Crippen LogP contribution is 1.98. The molecular formula is C22H48N2O10. The lowest BCUT2D eigenvalue weighted by molar-refractivity contribution is -0.171. The second-order valence-corrected chi connectivity index (χ2v) is 5.47. The van der Waals surface area contributed by atoms with Crippen molar-refractivity contribution >= 4 is 35.5 Å². The van der Waals surface area contributed by atoms with E-state index in [0.29, 0.717) is 0 Å². The maximum atomic E-state index is 11.7. The van der Waals surface area contributed by atoms with Gasteiger partial charge in [0.15, 0.2) is 6.10 Å². The predicted octanol–water partition coefficient (Wildman–Crippen LogP) is 2.37. The second kappa shape index (κ2) is 26.2. The van der Waals surface area contributed by atoms with E-state index < -0.39 is 67.3 Å². The van der Waals surface area contributed by atoms with Gasteiger partial charge in [-0.05, 0) is 20.8 Å². The molecule has 0 aromatic carbocycles. The monoisotopic (exact) mass is 500 g/mol. The van der Waals surface area contributed by atoms with Crippen LogP contribution in [0.15, 0.2) is 0 Å². The van der Waals surface area contributed by atoms with Crippen molar-refractivity contribution < 1.29 is 47.7 Å². The van der Waals surface area contributed by atoms with Crippen molar-refractivity contribution in [2.75, 3.05) is 20.6 Å². The Labute approximate surface area is 205 Å². The summed E-state index contributed by atoms with van der Waals surface area (Å²) in [4.78, 5) is 67.9. The number of ether oxygens (including phenoxy) is 4. The molecule has 0 aromatic heterocycles. The summed E-state index contributed by atoms with van der Waals surface area (Å²) in [5.74, 6) is -4.53. The third-order valence-electron chi connectivity index (χ3n) is 3.05. The van der Waals surface area contributed by atoms with Gasteiger partial charge in [-0.25, -0.2) is 0 Å². The lowest BCUT2D eigenvalue weighted by Crippen LogP contribution is -2.45. The molecule has 12 heteroatoms. The quantitative estimate of drug-likeness (QED) is 0.231. The molecule has 0 aliphatic rings. The standard InChI is InChI=1S/C16H24N2O10.6CH4/c1-9(19)5-12(20)26-8-27-13(21)6-14(22)28-11(3)16(24)18-7-17-15(23)10(2)25-4;;;;;;/h10-11H,5-8H2,1-4H3,(H,17,23)(H,18,24);6*1H4. The molecule has 0 fully saturated rings.